The van der Waals surface area contributed by atoms with Gasteiger partial charge in [0.1, 0.15) is 0 Å². The molecule has 0 radical (unpaired) electrons. The van der Waals surface area contributed by atoms with Crippen LogP contribution >= 0.6 is 22.2 Å². The van der Waals surface area contributed by atoms with Crippen molar-refractivity contribution in [3.05, 3.63) is 71.9 Å². The van der Waals surface area contributed by atoms with Crippen LogP contribution < -0.4 is 5.19 Å². The quantitative estimate of drug-likeness (QED) is 0.587. The lowest BCUT2D eigenvalue weighted by Gasteiger charge is -2.11. The van der Waals surface area contributed by atoms with Gasteiger partial charge >= 0.3 is 6.69 Å². The largest absolute Gasteiger partial charge is 0.303 e. The van der Waals surface area contributed by atoms with Crippen LogP contribution in [0.25, 0.3) is 6.08 Å². The zero-order chi connectivity index (χ0) is 12.1. The third-order valence-electron chi connectivity index (χ3n) is 2.44. The Balaban J connectivity index is 2.21. The van der Waals surface area contributed by atoms with E-state index in [1.807, 2.05) is 72.4 Å². The van der Waals surface area contributed by atoms with E-state index in [2.05, 4.69) is 0 Å². The van der Waals surface area contributed by atoms with Crippen LogP contribution in [0.3, 0.4) is 0 Å². The summed E-state index contributed by atoms with van der Waals surface area (Å²) in [5.41, 5.74) is 3.04. The highest BCUT2D eigenvalue weighted by Gasteiger charge is 2.26. The average molecular weight is 279 g/mol. The van der Waals surface area contributed by atoms with Gasteiger partial charge in [-0.3, -0.25) is 0 Å². The molecule has 0 amide bonds. The molecule has 2 aromatic carbocycles. The molecule has 0 bridgehead atoms. The van der Waals surface area contributed by atoms with Crippen LogP contribution in [0.1, 0.15) is 5.56 Å². The summed E-state index contributed by atoms with van der Waals surface area (Å²) >= 11 is 12.9. The van der Waals surface area contributed by atoms with Gasteiger partial charge in [-0.1, -0.05) is 72.4 Å². The van der Waals surface area contributed by atoms with Crippen LogP contribution in [0, 0.1) is 0 Å². The normalized spacial score (nSPS) is 11.9. The van der Waals surface area contributed by atoms with Gasteiger partial charge in [-0.2, -0.15) is 0 Å². The van der Waals surface area contributed by atoms with E-state index in [0.29, 0.717) is 0 Å². The van der Waals surface area contributed by atoms with Crippen LogP contribution in [-0.4, -0.2) is 6.69 Å². The second-order valence-electron chi connectivity index (χ2n) is 3.73. The fourth-order valence-electron chi connectivity index (χ4n) is 1.52. The molecule has 17 heavy (non-hydrogen) atoms. The molecule has 0 saturated carbocycles. The predicted molar refractivity (Wildman–Crippen MR) is 79.0 cm³/mol. The first kappa shape index (κ1) is 12.4. The molecule has 0 aliphatic heterocycles. The Hall–Kier alpha value is -1.02. The summed E-state index contributed by atoms with van der Waals surface area (Å²) in [6, 6.07) is 19.9. The fourth-order valence-corrected chi connectivity index (χ4v) is 3.89. The first-order valence-corrected chi connectivity index (χ1v) is 9.46. The van der Waals surface area contributed by atoms with Crippen molar-refractivity contribution < 1.29 is 0 Å². The number of hydrogen-bond donors (Lipinski definition) is 0. The number of hydrogen-bond acceptors (Lipinski definition) is 0. The molecule has 0 heterocycles. The topological polar surface area (TPSA) is 0 Å². The van der Waals surface area contributed by atoms with Gasteiger partial charge in [0.25, 0.3) is 0 Å². The second-order valence-corrected chi connectivity index (χ2v) is 10.0. The third kappa shape index (κ3) is 3.47. The fraction of sp³-hybridized carbons (Fsp3) is 0. The van der Waals surface area contributed by atoms with Crippen molar-refractivity contribution in [2.75, 3.05) is 0 Å². The van der Waals surface area contributed by atoms with Gasteiger partial charge in [0.15, 0.2) is 0 Å². The summed E-state index contributed by atoms with van der Waals surface area (Å²) in [7, 11) is 0. The highest BCUT2D eigenvalue weighted by atomic mass is 35.7. The standard InChI is InChI=1S/C14H12Cl2Si/c15-17(16,14-9-5-2-6-10-14)12-11-13-7-3-1-4-8-13/h1-12H/b12-11+. The molecule has 0 unspecified atom stereocenters. The summed E-state index contributed by atoms with van der Waals surface area (Å²) in [6.07, 6.45) is 1.99. The van der Waals surface area contributed by atoms with Gasteiger partial charge in [0.05, 0.1) is 0 Å². The summed E-state index contributed by atoms with van der Waals surface area (Å²) < 4.78 is 0. The summed E-state index contributed by atoms with van der Waals surface area (Å²) in [5.74, 6) is 0. The van der Waals surface area contributed by atoms with Crippen LogP contribution in [0.5, 0.6) is 0 Å². The van der Waals surface area contributed by atoms with Crippen molar-refractivity contribution in [3.63, 3.8) is 0 Å². The van der Waals surface area contributed by atoms with Crippen molar-refractivity contribution in [2.45, 2.75) is 0 Å². The molecule has 0 saturated heterocycles. The first-order chi connectivity index (χ1) is 8.18. The third-order valence-corrected chi connectivity index (χ3v) is 6.20. The van der Waals surface area contributed by atoms with Crippen molar-refractivity contribution in [1.29, 1.82) is 0 Å². The maximum absolute atomic E-state index is 6.43. The summed E-state index contributed by atoms with van der Waals surface area (Å²) in [4.78, 5) is 0. The minimum Gasteiger partial charge on any atom is -0.134 e. The minimum atomic E-state index is -2.50. The molecule has 0 aliphatic rings. The van der Waals surface area contributed by atoms with Crippen LogP contribution in [0.4, 0.5) is 0 Å². The van der Waals surface area contributed by atoms with E-state index in [1.165, 1.54) is 0 Å². The Kier molecular flexibility index (Phi) is 4.05. The van der Waals surface area contributed by atoms with Crippen molar-refractivity contribution in [3.8, 4) is 0 Å². The average Bonchev–Trinajstić information content (AvgIpc) is 2.39. The van der Waals surface area contributed by atoms with E-state index in [0.717, 1.165) is 10.8 Å². The van der Waals surface area contributed by atoms with E-state index < -0.39 is 6.69 Å². The SMILES string of the molecule is Cl[Si](Cl)(/C=C/c1ccccc1)c1ccccc1. The maximum Gasteiger partial charge on any atom is 0.303 e. The van der Waals surface area contributed by atoms with Crippen LogP contribution in [-0.2, 0) is 0 Å². The molecular formula is C14H12Cl2Si. The van der Waals surface area contributed by atoms with Crippen molar-refractivity contribution >= 4 is 40.1 Å². The molecule has 0 spiro atoms. The number of halogens is 2. The molecule has 0 aliphatic carbocycles. The molecule has 2 rings (SSSR count). The van der Waals surface area contributed by atoms with Gasteiger partial charge in [-0.15, -0.1) is 22.2 Å². The summed E-state index contributed by atoms with van der Waals surface area (Å²) in [6.45, 7) is -2.50. The lowest BCUT2D eigenvalue weighted by molar-refractivity contribution is 1.66. The maximum atomic E-state index is 6.43. The van der Waals surface area contributed by atoms with E-state index in [4.69, 9.17) is 22.2 Å². The van der Waals surface area contributed by atoms with E-state index in [1.54, 1.807) is 0 Å². The highest BCUT2D eigenvalue weighted by molar-refractivity contribution is 7.53. The Labute approximate surface area is 112 Å². The second kappa shape index (κ2) is 5.54. The Bertz CT molecular complexity index is 492. The molecule has 0 aromatic heterocycles. The van der Waals surface area contributed by atoms with Gasteiger partial charge in [-0.25, -0.2) is 0 Å². The van der Waals surface area contributed by atoms with Crippen LogP contribution in [0.15, 0.2) is 66.4 Å². The van der Waals surface area contributed by atoms with Crippen LogP contribution in [0.2, 0.25) is 0 Å². The molecular weight excluding hydrogens is 267 g/mol. The predicted octanol–water partition coefficient (Wildman–Crippen LogP) is 4.07. The monoisotopic (exact) mass is 278 g/mol. The molecule has 0 fully saturated rings. The highest BCUT2D eigenvalue weighted by Crippen LogP contribution is 2.18. The minimum absolute atomic E-state index is 1.01. The number of benzene rings is 2. The lowest BCUT2D eigenvalue weighted by Crippen LogP contribution is -2.34. The van der Waals surface area contributed by atoms with Crippen molar-refractivity contribution in [1.82, 2.24) is 0 Å². The number of rotatable bonds is 3. The lowest BCUT2D eigenvalue weighted by atomic mass is 10.2. The Morgan fingerprint density at radius 3 is 1.88 bits per heavy atom. The molecule has 0 atom stereocenters. The van der Waals surface area contributed by atoms with Gasteiger partial charge in [0.2, 0.25) is 0 Å². The Morgan fingerprint density at radius 1 is 0.765 bits per heavy atom. The van der Waals surface area contributed by atoms with E-state index >= 15 is 0 Å². The zero-order valence-electron chi connectivity index (χ0n) is 9.18. The van der Waals surface area contributed by atoms with E-state index in [9.17, 15) is 0 Å². The molecule has 2 aromatic rings. The molecule has 3 heteroatoms. The zero-order valence-corrected chi connectivity index (χ0v) is 11.7. The van der Waals surface area contributed by atoms with Gasteiger partial charge < -0.3 is 0 Å². The smallest absolute Gasteiger partial charge is 0.134 e. The van der Waals surface area contributed by atoms with Gasteiger partial charge in [-0.05, 0) is 10.8 Å². The molecule has 86 valence electrons. The summed E-state index contributed by atoms with van der Waals surface area (Å²) in [5, 5.41) is 1.01. The molecule has 0 nitrogen and oxygen atoms in total. The Morgan fingerprint density at radius 2 is 1.29 bits per heavy atom. The molecule has 0 N–H and O–H groups in total. The van der Waals surface area contributed by atoms with Gasteiger partial charge in [0, 0.05) is 0 Å². The first-order valence-electron chi connectivity index (χ1n) is 5.36. The van der Waals surface area contributed by atoms with E-state index in [-0.39, 0.29) is 0 Å². The van der Waals surface area contributed by atoms with Crippen molar-refractivity contribution in [2.24, 2.45) is 0 Å².